The Hall–Kier alpha value is -1.89. The molecule has 2 aromatic rings. The summed E-state index contributed by atoms with van der Waals surface area (Å²) in [5, 5.41) is 2.52. The van der Waals surface area contributed by atoms with Crippen molar-refractivity contribution in [3.05, 3.63) is 69.2 Å². The summed E-state index contributed by atoms with van der Waals surface area (Å²) in [5.74, 6) is -0.677. The molecule has 0 unspecified atom stereocenters. The molecule has 0 aliphatic heterocycles. The van der Waals surface area contributed by atoms with Gasteiger partial charge < -0.3 is 5.32 Å². The molecule has 0 radical (unpaired) electrons. The maximum absolute atomic E-state index is 12.0. The highest BCUT2D eigenvalue weighted by atomic mass is 79.9. The molecule has 0 spiro atoms. The van der Waals surface area contributed by atoms with E-state index in [9.17, 15) is 9.59 Å². The normalized spacial score (nSPS) is 11.6. The van der Waals surface area contributed by atoms with Crippen molar-refractivity contribution in [2.75, 3.05) is 6.54 Å². The molecule has 5 nitrogen and oxygen atoms in total. The highest BCUT2D eigenvalue weighted by Crippen LogP contribution is 2.19. The van der Waals surface area contributed by atoms with Crippen LogP contribution in [0.3, 0.4) is 0 Å². The van der Waals surface area contributed by atoms with Crippen molar-refractivity contribution in [3.8, 4) is 0 Å². The van der Waals surface area contributed by atoms with Gasteiger partial charge in [-0.15, -0.1) is 0 Å². The monoisotopic (exact) mass is 410 g/mol. The smallest absolute Gasteiger partial charge is 0.293 e. The van der Waals surface area contributed by atoms with E-state index >= 15 is 0 Å². The van der Waals surface area contributed by atoms with Crippen molar-refractivity contribution in [1.82, 2.24) is 10.9 Å². The Morgan fingerprint density at radius 1 is 1.12 bits per heavy atom. The lowest BCUT2D eigenvalue weighted by molar-refractivity contribution is -0.682. The summed E-state index contributed by atoms with van der Waals surface area (Å²) >= 11 is 9.43. The molecule has 2 rings (SSSR count). The summed E-state index contributed by atoms with van der Waals surface area (Å²) < 4.78 is 0.663. The number of hydrazine groups is 1. The van der Waals surface area contributed by atoms with Crippen molar-refractivity contribution >= 4 is 39.3 Å². The van der Waals surface area contributed by atoms with Crippen LogP contribution in [0.15, 0.2) is 53.0 Å². The van der Waals surface area contributed by atoms with Gasteiger partial charge in [0.25, 0.3) is 11.8 Å². The summed E-state index contributed by atoms with van der Waals surface area (Å²) in [6.45, 7) is 2.14. The van der Waals surface area contributed by atoms with E-state index in [1.807, 2.05) is 42.6 Å². The lowest BCUT2D eigenvalue weighted by atomic mass is 10.1. The minimum absolute atomic E-state index is 0.0309. The average molecular weight is 412 g/mol. The maximum atomic E-state index is 12.0. The minimum Gasteiger partial charge on any atom is -0.332 e. The fraction of sp³-hybridized carbons (Fsp3) is 0.176. The van der Waals surface area contributed by atoms with Gasteiger partial charge in [-0.1, -0.05) is 41.9 Å². The number of halogens is 2. The van der Waals surface area contributed by atoms with Gasteiger partial charge in [0.1, 0.15) is 6.04 Å². The van der Waals surface area contributed by atoms with Gasteiger partial charge in [0, 0.05) is 15.1 Å². The lowest BCUT2D eigenvalue weighted by Crippen LogP contribution is -2.87. The van der Waals surface area contributed by atoms with E-state index in [0.717, 1.165) is 5.56 Å². The number of carbonyl (C=O) groups is 2. The zero-order chi connectivity index (χ0) is 17.5. The summed E-state index contributed by atoms with van der Waals surface area (Å²) in [4.78, 5) is 23.9. The molecule has 0 bridgehead atoms. The molecule has 126 valence electrons. The van der Waals surface area contributed by atoms with Crippen LogP contribution in [0.5, 0.6) is 0 Å². The minimum atomic E-state index is -0.380. The van der Waals surface area contributed by atoms with Gasteiger partial charge in [-0.2, -0.15) is 0 Å². The van der Waals surface area contributed by atoms with Crippen LogP contribution in [0.2, 0.25) is 5.02 Å². The van der Waals surface area contributed by atoms with Crippen LogP contribution >= 0.6 is 27.5 Å². The molecule has 24 heavy (non-hydrogen) atoms. The molecule has 2 amide bonds. The van der Waals surface area contributed by atoms with Gasteiger partial charge in [-0.3, -0.25) is 20.4 Å². The van der Waals surface area contributed by atoms with Crippen LogP contribution in [0.25, 0.3) is 0 Å². The third-order valence-electron chi connectivity index (χ3n) is 3.49. The first-order valence-electron chi connectivity index (χ1n) is 7.40. The van der Waals surface area contributed by atoms with Crippen LogP contribution in [0.1, 0.15) is 28.9 Å². The van der Waals surface area contributed by atoms with Crippen LogP contribution < -0.4 is 16.2 Å². The topological polar surface area (TPSA) is 74.8 Å². The molecule has 0 fully saturated rings. The number of hydrogen-bond acceptors (Lipinski definition) is 2. The second-order valence-corrected chi connectivity index (χ2v) is 6.49. The quantitative estimate of drug-likeness (QED) is 0.660. The predicted molar refractivity (Wildman–Crippen MR) is 96.4 cm³/mol. The Morgan fingerprint density at radius 2 is 1.79 bits per heavy atom. The van der Waals surface area contributed by atoms with Gasteiger partial charge >= 0.3 is 0 Å². The number of carbonyl (C=O) groups excluding carboxylic acids is 2. The average Bonchev–Trinajstić information content (AvgIpc) is 2.58. The number of nitrogens with two attached hydrogens (primary N) is 1. The van der Waals surface area contributed by atoms with Crippen LogP contribution in [-0.4, -0.2) is 18.4 Å². The molecule has 7 heteroatoms. The molecule has 1 atom stereocenters. The van der Waals surface area contributed by atoms with Crippen LogP contribution in [0.4, 0.5) is 0 Å². The van der Waals surface area contributed by atoms with Gasteiger partial charge in [-0.25, -0.2) is 0 Å². The van der Waals surface area contributed by atoms with Crippen molar-refractivity contribution in [2.24, 2.45) is 0 Å². The van der Waals surface area contributed by atoms with E-state index in [1.54, 1.807) is 18.2 Å². The van der Waals surface area contributed by atoms with Crippen molar-refractivity contribution in [1.29, 1.82) is 0 Å². The molecule has 0 aliphatic rings. The Labute approximate surface area is 153 Å². The Balaban J connectivity index is 1.81. The van der Waals surface area contributed by atoms with E-state index in [1.165, 1.54) is 0 Å². The largest absolute Gasteiger partial charge is 0.332 e. The van der Waals surface area contributed by atoms with E-state index < -0.39 is 0 Å². The first-order valence-corrected chi connectivity index (χ1v) is 8.57. The van der Waals surface area contributed by atoms with Gasteiger partial charge in [0.15, 0.2) is 6.54 Å². The second-order valence-electron chi connectivity index (χ2n) is 5.23. The molecule has 0 saturated carbocycles. The third-order valence-corrected chi connectivity index (χ3v) is 4.52. The number of nitrogens with one attached hydrogen (secondary N) is 2. The SMILES string of the molecule is C[C@H]([NH2+]CC(=O)NNC(=O)c1ccccc1Br)c1ccccc1Cl. The van der Waals surface area contributed by atoms with E-state index in [4.69, 9.17) is 11.6 Å². The zero-order valence-electron chi connectivity index (χ0n) is 13.1. The van der Waals surface area contributed by atoms with Crippen LogP contribution in [0, 0.1) is 0 Å². The number of benzene rings is 2. The van der Waals surface area contributed by atoms with Crippen molar-refractivity contribution < 1.29 is 14.9 Å². The third kappa shape index (κ3) is 5.06. The standard InChI is InChI=1S/C17H17BrClN3O2/c1-11(12-6-3-5-9-15(12)19)20-10-16(23)21-22-17(24)13-7-2-4-8-14(13)18/h2-9,11,20H,10H2,1H3,(H,21,23)(H,22,24)/p+1/t11-/m0/s1. The highest BCUT2D eigenvalue weighted by molar-refractivity contribution is 9.10. The lowest BCUT2D eigenvalue weighted by Gasteiger charge is -2.13. The van der Waals surface area contributed by atoms with Crippen LogP contribution in [-0.2, 0) is 4.79 Å². The number of rotatable bonds is 5. The zero-order valence-corrected chi connectivity index (χ0v) is 15.4. The van der Waals surface area contributed by atoms with Crippen molar-refractivity contribution in [2.45, 2.75) is 13.0 Å². The molecule has 0 aromatic heterocycles. The first-order chi connectivity index (χ1) is 11.5. The Bertz CT molecular complexity index is 739. The Morgan fingerprint density at radius 3 is 2.50 bits per heavy atom. The summed E-state index contributed by atoms with van der Waals surface area (Å²) in [6, 6.07) is 14.5. The molecule has 4 N–H and O–H groups in total. The Kier molecular flexibility index (Phi) is 6.78. The van der Waals surface area contributed by atoms with Gasteiger partial charge in [0.2, 0.25) is 0 Å². The molecule has 0 aliphatic carbocycles. The molecule has 0 saturated heterocycles. The molecule has 0 heterocycles. The first kappa shape index (κ1) is 18.4. The molecular weight excluding hydrogens is 394 g/mol. The highest BCUT2D eigenvalue weighted by Gasteiger charge is 2.15. The van der Waals surface area contributed by atoms with E-state index in [0.29, 0.717) is 15.1 Å². The maximum Gasteiger partial charge on any atom is 0.293 e. The molecular formula is C17H18BrClN3O2+. The van der Waals surface area contributed by atoms with Gasteiger partial charge in [0.05, 0.1) is 5.56 Å². The number of hydrogen-bond donors (Lipinski definition) is 3. The summed E-state index contributed by atoms with van der Waals surface area (Å²) in [6.07, 6.45) is 0. The number of amides is 2. The fourth-order valence-corrected chi connectivity index (χ4v) is 2.92. The predicted octanol–water partition coefficient (Wildman–Crippen LogP) is 2.19. The summed E-state index contributed by atoms with van der Waals surface area (Å²) in [5.41, 5.74) is 6.22. The summed E-state index contributed by atoms with van der Waals surface area (Å²) in [7, 11) is 0. The van der Waals surface area contributed by atoms with Gasteiger partial charge in [-0.05, 0) is 41.1 Å². The van der Waals surface area contributed by atoms with Crippen molar-refractivity contribution in [3.63, 3.8) is 0 Å². The van der Waals surface area contributed by atoms with E-state index in [-0.39, 0.29) is 24.4 Å². The second kappa shape index (κ2) is 8.82. The van der Waals surface area contributed by atoms with E-state index in [2.05, 4.69) is 26.8 Å². The fourth-order valence-electron chi connectivity index (χ4n) is 2.15. The molecule has 2 aromatic carbocycles. The number of quaternary nitrogens is 1.